The van der Waals surface area contributed by atoms with Crippen LogP contribution in [0, 0.1) is 0 Å². The zero-order valence-electron chi connectivity index (χ0n) is 11.4. The molecule has 5 heteroatoms. The molecule has 0 radical (unpaired) electrons. The van der Waals surface area contributed by atoms with Gasteiger partial charge in [-0.05, 0) is 13.0 Å². The Balaban J connectivity index is 2.67. The van der Waals surface area contributed by atoms with Crippen molar-refractivity contribution in [1.82, 2.24) is 10.3 Å². The molecule has 1 aromatic heterocycles. The van der Waals surface area contributed by atoms with Gasteiger partial charge in [-0.25, -0.2) is 4.98 Å². The standard InChI is InChI=1S/C13H21ClN2O2/c1-9(2)15-7-12-11(14)5-6-13(16-12)18-10(3)8-17-4/h5-6,9-10,15H,7-8H2,1-4H3. The summed E-state index contributed by atoms with van der Waals surface area (Å²) in [5.41, 5.74) is 0.799. The SMILES string of the molecule is COCC(C)Oc1ccc(Cl)c(CNC(C)C)n1. The number of methoxy groups -OCH3 is 1. The van der Waals surface area contributed by atoms with Crippen LogP contribution in [0.3, 0.4) is 0 Å². The van der Waals surface area contributed by atoms with Crippen molar-refractivity contribution in [1.29, 1.82) is 0 Å². The summed E-state index contributed by atoms with van der Waals surface area (Å²) in [6.45, 7) is 7.26. The highest BCUT2D eigenvalue weighted by atomic mass is 35.5. The van der Waals surface area contributed by atoms with Gasteiger partial charge in [0.1, 0.15) is 6.10 Å². The van der Waals surface area contributed by atoms with Crippen LogP contribution in [0.1, 0.15) is 26.5 Å². The van der Waals surface area contributed by atoms with Gasteiger partial charge in [0.15, 0.2) is 0 Å². The molecular formula is C13H21ClN2O2. The fourth-order valence-corrected chi connectivity index (χ4v) is 1.60. The minimum absolute atomic E-state index is 0.0328. The van der Waals surface area contributed by atoms with Crippen LogP contribution in [-0.4, -0.2) is 30.8 Å². The third-order valence-electron chi connectivity index (χ3n) is 2.29. The maximum Gasteiger partial charge on any atom is 0.213 e. The molecule has 1 N–H and O–H groups in total. The predicted octanol–water partition coefficient (Wildman–Crippen LogP) is 2.65. The quantitative estimate of drug-likeness (QED) is 0.829. The summed E-state index contributed by atoms with van der Waals surface area (Å²) in [5, 5.41) is 3.93. The second-order valence-electron chi connectivity index (χ2n) is 4.50. The third kappa shape index (κ3) is 5.21. The maximum absolute atomic E-state index is 6.09. The molecule has 0 amide bonds. The zero-order valence-corrected chi connectivity index (χ0v) is 12.1. The molecule has 0 spiro atoms. The summed E-state index contributed by atoms with van der Waals surface area (Å²) >= 11 is 6.09. The highest BCUT2D eigenvalue weighted by Crippen LogP contribution is 2.19. The number of nitrogens with one attached hydrogen (secondary N) is 1. The molecule has 1 atom stereocenters. The molecule has 1 aromatic rings. The van der Waals surface area contributed by atoms with Crippen molar-refractivity contribution in [3.8, 4) is 5.88 Å². The van der Waals surface area contributed by atoms with Crippen LogP contribution in [0.5, 0.6) is 5.88 Å². The molecule has 4 nitrogen and oxygen atoms in total. The summed E-state index contributed by atoms with van der Waals surface area (Å²) in [6.07, 6.45) is -0.0328. The lowest BCUT2D eigenvalue weighted by molar-refractivity contribution is 0.0888. The van der Waals surface area contributed by atoms with Gasteiger partial charge in [0, 0.05) is 25.8 Å². The Morgan fingerprint density at radius 3 is 2.67 bits per heavy atom. The number of nitrogens with zero attached hydrogens (tertiary/aromatic N) is 1. The molecule has 18 heavy (non-hydrogen) atoms. The molecular weight excluding hydrogens is 252 g/mol. The van der Waals surface area contributed by atoms with Crippen LogP contribution < -0.4 is 10.1 Å². The van der Waals surface area contributed by atoms with Crippen molar-refractivity contribution in [2.24, 2.45) is 0 Å². The predicted molar refractivity (Wildman–Crippen MR) is 73.2 cm³/mol. The Hall–Kier alpha value is -0.840. The van der Waals surface area contributed by atoms with E-state index in [0.29, 0.717) is 30.1 Å². The molecule has 0 aliphatic heterocycles. The van der Waals surface area contributed by atoms with E-state index in [9.17, 15) is 0 Å². The van der Waals surface area contributed by atoms with Crippen molar-refractivity contribution < 1.29 is 9.47 Å². The Bertz CT molecular complexity index is 372. The largest absolute Gasteiger partial charge is 0.472 e. The molecule has 1 heterocycles. The molecule has 0 aliphatic rings. The summed E-state index contributed by atoms with van der Waals surface area (Å²) in [5.74, 6) is 0.574. The summed E-state index contributed by atoms with van der Waals surface area (Å²) < 4.78 is 10.7. The first-order valence-corrected chi connectivity index (χ1v) is 6.45. The Morgan fingerprint density at radius 1 is 1.33 bits per heavy atom. The minimum atomic E-state index is -0.0328. The molecule has 0 bridgehead atoms. The number of aromatic nitrogens is 1. The van der Waals surface area contributed by atoms with Gasteiger partial charge >= 0.3 is 0 Å². The van der Waals surface area contributed by atoms with Crippen LogP contribution in [0.2, 0.25) is 5.02 Å². The van der Waals surface area contributed by atoms with E-state index in [-0.39, 0.29) is 6.10 Å². The molecule has 0 aliphatic carbocycles. The fraction of sp³-hybridized carbons (Fsp3) is 0.615. The first kappa shape index (κ1) is 15.2. The lowest BCUT2D eigenvalue weighted by Gasteiger charge is -2.14. The maximum atomic E-state index is 6.09. The van der Waals surface area contributed by atoms with Crippen LogP contribution >= 0.6 is 11.6 Å². The lowest BCUT2D eigenvalue weighted by Crippen LogP contribution is -2.23. The van der Waals surface area contributed by atoms with E-state index in [1.807, 2.05) is 6.92 Å². The summed E-state index contributed by atoms with van der Waals surface area (Å²) in [4.78, 5) is 4.39. The molecule has 0 aromatic carbocycles. The Morgan fingerprint density at radius 2 is 2.06 bits per heavy atom. The van der Waals surface area contributed by atoms with E-state index >= 15 is 0 Å². The van der Waals surface area contributed by atoms with E-state index in [4.69, 9.17) is 21.1 Å². The average Bonchev–Trinajstić information content (AvgIpc) is 2.30. The van der Waals surface area contributed by atoms with Crippen LogP contribution in [0.4, 0.5) is 0 Å². The molecule has 0 fully saturated rings. The minimum Gasteiger partial charge on any atom is -0.472 e. The molecule has 0 saturated carbocycles. The monoisotopic (exact) mass is 272 g/mol. The number of halogens is 1. The van der Waals surface area contributed by atoms with Gasteiger partial charge in [0.25, 0.3) is 0 Å². The number of hydrogen-bond acceptors (Lipinski definition) is 4. The van der Waals surface area contributed by atoms with E-state index in [1.54, 1.807) is 19.2 Å². The van der Waals surface area contributed by atoms with Gasteiger partial charge in [-0.15, -0.1) is 0 Å². The highest BCUT2D eigenvalue weighted by Gasteiger charge is 2.08. The third-order valence-corrected chi connectivity index (χ3v) is 2.64. The lowest BCUT2D eigenvalue weighted by atomic mass is 10.3. The highest BCUT2D eigenvalue weighted by molar-refractivity contribution is 6.31. The first-order valence-electron chi connectivity index (χ1n) is 6.07. The van der Waals surface area contributed by atoms with E-state index < -0.39 is 0 Å². The van der Waals surface area contributed by atoms with Crippen molar-refractivity contribution in [2.45, 2.75) is 39.5 Å². The second kappa shape index (κ2) is 7.56. The number of rotatable bonds is 7. The Kier molecular flexibility index (Phi) is 6.39. The number of pyridine rings is 1. The summed E-state index contributed by atoms with van der Waals surface area (Å²) in [6, 6.07) is 3.97. The fourth-order valence-electron chi connectivity index (χ4n) is 1.43. The van der Waals surface area contributed by atoms with Crippen LogP contribution in [0.15, 0.2) is 12.1 Å². The normalized spacial score (nSPS) is 12.8. The second-order valence-corrected chi connectivity index (χ2v) is 4.90. The molecule has 0 saturated heterocycles. The number of ether oxygens (including phenoxy) is 2. The van der Waals surface area contributed by atoms with Gasteiger partial charge < -0.3 is 14.8 Å². The smallest absolute Gasteiger partial charge is 0.213 e. The van der Waals surface area contributed by atoms with Gasteiger partial charge in [-0.2, -0.15) is 0 Å². The van der Waals surface area contributed by atoms with Crippen LogP contribution in [-0.2, 0) is 11.3 Å². The number of hydrogen-bond donors (Lipinski definition) is 1. The van der Waals surface area contributed by atoms with Crippen LogP contribution in [0.25, 0.3) is 0 Å². The average molecular weight is 273 g/mol. The van der Waals surface area contributed by atoms with Gasteiger partial charge in [-0.3, -0.25) is 0 Å². The van der Waals surface area contributed by atoms with E-state index in [0.717, 1.165) is 5.69 Å². The topological polar surface area (TPSA) is 43.4 Å². The zero-order chi connectivity index (χ0) is 13.5. The molecule has 1 rings (SSSR count). The van der Waals surface area contributed by atoms with Gasteiger partial charge in [0.05, 0.1) is 17.3 Å². The Labute approximate surface area is 114 Å². The molecule has 102 valence electrons. The van der Waals surface area contributed by atoms with Gasteiger partial charge in [0.2, 0.25) is 5.88 Å². The van der Waals surface area contributed by atoms with Crippen molar-refractivity contribution in [3.05, 3.63) is 22.8 Å². The van der Waals surface area contributed by atoms with Crippen molar-refractivity contribution in [2.75, 3.05) is 13.7 Å². The van der Waals surface area contributed by atoms with Crippen molar-refractivity contribution >= 4 is 11.6 Å². The molecule has 1 unspecified atom stereocenters. The van der Waals surface area contributed by atoms with Crippen molar-refractivity contribution in [3.63, 3.8) is 0 Å². The van der Waals surface area contributed by atoms with Gasteiger partial charge in [-0.1, -0.05) is 25.4 Å². The first-order chi connectivity index (χ1) is 8.52. The van der Waals surface area contributed by atoms with E-state index in [2.05, 4.69) is 24.1 Å². The summed E-state index contributed by atoms with van der Waals surface area (Å²) in [7, 11) is 1.65. The van der Waals surface area contributed by atoms with E-state index in [1.165, 1.54) is 0 Å².